The van der Waals surface area contributed by atoms with Crippen molar-refractivity contribution in [3.05, 3.63) is 46.0 Å². The fourth-order valence-corrected chi connectivity index (χ4v) is 3.03. The molecule has 1 saturated carbocycles. The molecule has 0 saturated heterocycles. The minimum Gasteiger partial charge on any atom is -0.493 e. The standard InChI is InChI=1S/C17H20N2O2/c1-11-7-9-12(10-8-11)14-16(20)18-15(19-17(14)21)13-5-3-2-4-6-13/h7-10,13H,2-6H2,1H3,(H2,18,19,20,21). The maximum atomic E-state index is 12.3. The Balaban J connectivity index is 2.00. The largest absolute Gasteiger partial charge is 0.493 e. The number of aromatic nitrogens is 2. The highest BCUT2D eigenvalue weighted by Gasteiger charge is 2.21. The molecule has 1 aliphatic rings. The fourth-order valence-electron chi connectivity index (χ4n) is 3.03. The molecule has 4 heteroatoms. The average molecular weight is 284 g/mol. The van der Waals surface area contributed by atoms with E-state index >= 15 is 0 Å². The summed E-state index contributed by atoms with van der Waals surface area (Å²) < 4.78 is 0. The number of aromatic amines is 1. The van der Waals surface area contributed by atoms with Crippen LogP contribution in [0.5, 0.6) is 5.88 Å². The van der Waals surface area contributed by atoms with Crippen LogP contribution in [-0.2, 0) is 0 Å². The second-order valence-corrected chi connectivity index (χ2v) is 5.85. The van der Waals surface area contributed by atoms with Crippen LogP contribution < -0.4 is 5.56 Å². The van der Waals surface area contributed by atoms with Gasteiger partial charge in [0, 0.05) is 5.92 Å². The summed E-state index contributed by atoms with van der Waals surface area (Å²) in [6, 6.07) is 7.51. The Kier molecular flexibility index (Phi) is 3.78. The number of aryl methyl sites for hydroxylation is 1. The third kappa shape index (κ3) is 2.84. The number of hydrogen-bond acceptors (Lipinski definition) is 3. The van der Waals surface area contributed by atoms with Gasteiger partial charge in [-0.05, 0) is 25.3 Å². The van der Waals surface area contributed by atoms with Crippen LogP contribution in [0.1, 0.15) is 49.4 Å². The van der Waals surface area contributed by atoms with E-state index in [0.29, 0.717) is 11.4 Å². The van der Waals surface area contributed by atoms with Crippen LogP contribution in [0, 0.1) is 6.92 Å². The van der Waals surface area contributed by atoms with Gasteiger partial charge in [0.25, 0.3) is 5.56 Å². The van der Waals surface area contributed by atoms with E-state index in [-0.39, 0.29) is 22.9 Å². The van der Waals surface area contributed by atoms with E-state index in [4.69, 9.17) is 0 Å². The number of benzene rings is 1. The van der Waals surface area contributed by atoms with Gasteiger partial charge in [-0.3, -0.25) is 4.79 Å². The molecule has 1 aliphatic carbocycles. The molecule has 1 aromatic carbocycles. The summed E-state index contributed by atoms with van der Waals surface area (Å²) in [5.41, 5.74) is 1.81. The molecule has 0 atom stereocenters. The summed E-state index contributed by atoms with van der Waals surface area (Å²) in [6.07, 6.45) is 5.64. The Morgan fingerprint density at radius 1 is 1.14 bits per heavy atom. The van der Waals surface area contributed by atoms with Crippen LogP contribution in [-0.4, -0.2) is 15.1 Å². The molecule has 3 rings (SSSR count). The fraction of sp³-hybridized carbons (Fsp3) is 0.412. The van der Waals surface area contributed by atoms with Gasteiger partial charge < -0.3 is 10.1 Å². The van der Waals surface area contributed by atoms with Crippen molar-refractivity contribution in [2.24, 2.45) is 0 Å². The molecule has 0 aliphatic heterocycles. The van der Waals surface area contributed by atoms with Gasteiger partial charge in [-0.15, -0.1) is 0 Å². The summed E-state index contributed by atoms with van der Waals surface area (Å²) in [5, 5.41) is 10.2. The molecular weight excluding hydrogens is 264 g/mol. The first kappa shape index (κ1) is 13.9. The van der Waals surface area contributed by atoms with Crippen molar-refractivity contribution in [3.63, 3.8) is 0 Å². The van der Waals surface area contributed by atoms with Gasteiger partial charge in [-0.2, -0.15) is 4.98 Å². The van der Waals surface area contributed by atoms with Crippen LogP contribution in [0.2, 0.25) is 0 Å². The Labute approximate surface area is 123 Å². The van der Waals surface area contributed by atoms with E-state index in [1.54, 1.807) is 0 Å². The number of rotatable bonds is 2. The van der Waals surface area contributed by atoms with Gasteiger partial charge in [-0.25, -0.2) is 0 Å². The highest BCUT2D eigenvalue weighted by molar-refractivity contribution is 5.67. The van der Waals surface area contributed by atoms with Crippen LogP contribution in [0.4, 0.5) is 0 Å². The molecule has 1 fully saturated rings. The van der Waals surface area contributed by atoms with Crippen molar-refractivity contribution in [2.75, 3.05) is 0 Å². The molecule has 0 spiro atoms. The molecular formula is C17H20N2O2. The molecule has 0 unspecified atom stereocenters. The lowest BCUT2D eigenvalue weighted by atomic mass is 9.88. The second-order valence-electron chi connectivity index (χ2n) is 5.85. The molecule has 2 N–H and O–H groups in total. The van der Waals surface area contributed by atoms with Crippen LogP contribution in [0.25, 0.3) is 11.1 Å². The van der Waals surface area contributed by atoms with Crippen molar-refractivity contribution < 1.29 is 5.11 Å². The minimum atomic E-state index is -0.257. The van der Waals surface area contributed by atoms with Crippen molar-refractivity contribution in [1.29, 1.82) is 0 Å². The second kappa shape index (κ2) is 5.72. The number of nitrogens with one attached hydrogen (secondary N) is 1. The van der Waals surface area contributed by atoms with E-state index in [2.05, 4.69) is 9.97 Å². The Hall–Kier alpha value is -2.10. The summed E-state index contributed by atoms with van der Waals surface area (Å²) in [5.74, 6) is 0.737. The van der Waals surface area contributed by atoms with Crippen molar-refractivity contribution >= 4 is 0 Å². The summed E-state index contributed by atoms with van der Waals surface area (Å²) in [6.45, 7) is 1.98. The van der Waals surface area contributed by atoms with Gasteiger partial charge in [0.05, 0.1) is 0 Å². The average Bonchev–Trinajstić information content (AvgIpc) is 2.49. The molecule has 0 radical (unpaired) electrons. The maximum absolute atomic E-state index is 12.3. The Bertz CT molecular complexity index is 683. The summed E-state index contributed by atoms with van der Waals surface area (Å²) in [4.78, 5) is 19.5. The van der Waals surface area contributed by atoms with Gasteiger partial charge in [0.2, 0.25) is 5.88 Å². The predicted octanol–water partition coefficient (Wildman–Crippen LogP) is 3.50. The lowest BCUT2D eigenvalue weighted by Gasteiger charge is -2.20. The van der Waals surface area contributed by atoms with Gasteiger partial charge >= 0.3 is 0 Å². The zero-order valence-electron chi connectivity index (χ0n) is 12.2. The zero-order chi connectivity index (χ0) is 14.8. The third-order valence-corrected chi connectivity index (χ3v) is 4.25. The number of H-pyrrole nitrogens is 1. The Morgan fingerprint density at radius 3 is 2.43 bits per heavy atom. The first-order valence-corrected chi connectivity index (χ1v) is 7.55. The molecule has 4 nitrogen and oxygen atoms in total. The lowest BCUT2D eigenvalue weighted by Crippen LogP contribution is -2.18. The monoisotopic (exact) mass is 284 g/mol. The third-order valence-electron chi connectivity index (χ3n) is 4.25. The smallest absolute Gasteiger partial charge is 0.262 e. The molecule has 2 aromatic rings. The normalized spacial score (nSPS) is 16.0. The number of aromatic hydroxyl groups is 1. The van der Waals surface area contributed by atoms with Crippen LogP contribution >= 0.6 is 0 Å². The van der Waals surface area contributed by atoms with Crippen LogP contribution in [0.3, 0.4) is 0 Å². The van der Waals surface area contributed by atoms with Crippen molar-refractivity contribution in [1.82, 2.24) is 9.97 Å². The minimum absolute atomic E-state index is 0.164. The van der Waals surface area contributed by atoms with E-state index in [0.717, 1.165) is 31.2 Å². The number of nitrogens with zero attached hydrogens (tertiary/aromatic N) is 1. The zero-order valence-corrected chi connectivity index (χ0v) is 12.2. The lowest BCUT2D eigenvalue weighted by molar-refractivity contribution is 0.410. The van der Waals surface area contributed by atoms with E-state index in [1.165, 1.54) is 6.42 Å². The van der Waals surface area contributed by atoms with Crippen molar-refractivity contribution in [3.8, 4) is 17.0 Å². The number of hydrogen-bond donors (Lipinski definition) is 2. The molecule has 21 heavy (non-hydrogen) atoms. The predicted molar refractivity (Wildman–Crippen MR) is 82.5 cm³/mol. The highest BCUT2D eigenvalue weighted by atomic mass is 16.3. The molecule has 110 valence electrons. The highest BCUT2D eigenvalue weighted by Crippen LogP contribution is 2.32. The van der Waals surface area contributed by atoms with E-state index in [9.17, 15) is 9.90 Å². The molecule has 0 bridgehead atoms. The summed E-state index contributed by atoms with van der Waals surface area (Å²) >= 11 is 0. The first-order chi connectivity index (χ1) is 10.1. The quantitative estimate of drug-likeness (QED) is 0.887. The van der Waals surface area contributed by atoms with Crippen LogP contribution in [0.15, 0.2) is 29.1 Å². The molecule has 1 aromatic heterocycles. The van der Waals surface area contributed by atoms with Gasteiger partial charge in [0.1, 0.15) is 11.4 Å². The van der Waals surface area contributed by atoms with Gasteiger partial charge in [-0.1, -0.05) is 49.1 Å². The van der Waals surface area contributed by atoms with Crippen molar-refractivity contribution in [2.45, 2.75) is 44.9 Å². The maximum Gasteiger partial charge on any atom is 0.262 e. The van der Waals surface area contributed by atoms with Gasteiger partial charge in [0.15, 0.2) is 0 Å². The van der Waals surface area contributed by atoms with E-state index in [1.807, 2.05) is 31.2 Å². The topological polar surface area (TPSA) is 66.0 Å². The van der Waals surface area contributed by atoms with E-state index < -0.39 is 0 Å². The SMILES string of the molecule is Cc1ccc(-c2c(O)nc(C3CCCCC3)[nH]c2=O)cc1. The Morgan fingerprint density at radius 2 is 1.81 bits per heavy atom. The first-order valence-electron chi connectivity index (χ1n) is 7.55. The molecule has 0 amide bonds. The molecule has 1 heterocycles. The summed E-state index contributed by atoms with van der Waals surface area (Å²) in [7, 11) is 0.